The van der Waals surface area contributed by atoms with Crippen LogP contribution >= 0.6 is 0 Å². The fourth-order valence-corrected chi connectivity index (χ4v) is 0.948. The minimum absolute atomic E-state index is 0. The first-order valence-electron chi connectivity index (χ1n) is 1.90. The molecular weight excluding hydrogens is 300 g/mol. The smallest absolute Gasteiger partial charge is 0.725 e. The molecule has 0 spiro atoms. The summed E-state index contributed by atoms with van der Waals surface area (Å²) in [6.07, 6.45) is 0. The molecule has 0 radical (unpaired) electrons. The first-order valence-corrected chi connectivity index (χ1v) is 4.60. The van der Waals surface area contributed by atoms with Crippen LogP contribution < -0.4 is 80.9 Å². The molecule has 1 N–H and O–H groups in total. The van der Waals surface area contributed by atoms with Crippen molar-refractivity contribution >= 4 is 20.8 Å². The molecular formula is HKNNaO10S2. The van der Waals surface area contributed by atoms with Crippen LogP contribution in [0.15, 0.2) is 0 Å². The topological polar surface area (TPSA) is 187 Å². The molecule has 0 saturated heterocycles. The molecule has 0 heterocycles. The van der Waals surface area contributed by atoms with Gasteiger partial charge in [0, 0.05) is 0 Å². The Hall–Kier alpha value is 1.62. The Kier molecular flexibility index (Phi) is 18.2. The van der Waals surface area contributed by atoms with Crippen LogP contribution in [0.1, 0.15) is 0 Å². The number of rotatable bonds is 2. The zero-order chi connectivity index (χ0) is 11.3. The molecule has 0 aromatic carbocycles. The third-order valence-electron chi connectivity index (χ3n) is 0.169. The van der Waals surface area contributed by atoms with Crippen molar-refractivity contribution in [1.82, 2.24) is 0 Å². The van der Waals surface area contributed by atoms with Crippen molar-refractivity contribution in [2.45, 2.75) is 0 Å². The monoisotopic (exact) mass is 301 g/mol. The van der Waals surface area contributed by atoms with E-state index in [9.17, 15) is 21.4 Å². The van der Waals surface area contributed by atoms with E-state index < -0.39 is 25.9 Å². The van der Waals surface area contributed by atoms with Crippen LogP contribution in [-0.4, -0.2) is 31.0 Å². The Morgan fingerprint density at radius 1 is 1.13 bits per heavy atom. The van der Waals surface area contributed by atoms with Crippen molar-refractivity contribution in [3.63, 3.8) is 0 Å². The quantitative estimate of drug-likeness (QED) is 0.168. The van der Waals surface area contributed by atoms with Gasteiger partial charge in [-0.05, 0) is 0 Å². The van der Waals surface area contributed by atoms with Crippen molar-refractivity contribution in [2.75, 3.05) is 0 Å². The van der Waals surface area contributed by atoms with Gasteiger partial charge in [-0.3, -0.25) is 4.55 Å². The Balaban J connectivity index is -0.0000000883. The van der Waals surface area contributed by atoms with Gasteiger partial charge in [0.25, 0.3) is 0 Å². The van der Waals surface area contributed by atoms with E-state index in [4.69, 9.17) is 19.9 Å². The molecule has 0 aromatic heterocycles. The van der Waals surface area contributed by atoms with Crippen LogP contribution in [0.5, 0.6) is 0 Å². The molecule has 0 aromatic rings. The Morgan fingerprint density at radius 2 is 1.33 bits per heavy atom. The van der Waals surface area contributed by atoms with Gasteiger partial charge in [0.2, 0.25) is 10.4 Å². The SMILES string of the molecule is O=S(=O)([O-])OS(=O)(=O)O.O=[N+]([O-])[O-].[K+].[Na+]. The van der Waals surface area contributed by atoms with Gasteiger partial charge in [0.15, 0.2) is 0 Å². The van der Waals surface area contributed by atoms with Crippen LogP contribution in [0.2, 0.25) is 0 Å². The van der Waals surface area contributed by atoms with Crippen molar-refractivity contribution in [1.29, 1.82) is 0 Å². The number of nitrogens with zero attached hydrogens (tertiary/aromatic N) is 1. The molecule has 15 heteroatoms. The van der Waals surface area contributed by atoms with Gasteiger partial charge >= 0.3 is 91.3 Å². The van der Waals surface area contributed by atoms with Crippen LogP contribution in [0, 0.1) is 15.3 Å². The second-order valence-corrected chi connectivity index (χ2v) is 3.34. The molecule has 0 rings (SSSR count). The van der Waals surface area contributed by atoms with Crippen LogP contribution in [0.25, 0.3) is 0 Å². The van der Waals surface area contributed by atoms with Crippen molar-refractivity contribution in [3.05, 3.63) is 15.3 Å². The third-order valence-corrected chi connectivity index (χ3v) is 1.52. The summed E-state index contributed by atoms with van der Waals surface area (Å²) in [5, 5.41) is 14.8. The van der Waals surface area contributed by atoms with Crippen LogP contribution in [0.4, 0.5) is 0 Å². The van der Waals surface area contributed by atoms with Gasteiger partial charge < -0.3 is 19.9 Å². The minimum Gasteiger partial charge on any atom is -0.725 e. The second-order valence-electron chi connectivity index (χ2n) is 1.13. The predicted octanol–water partition coefficient (Wildman–Crippen LogP) is -7.97. The molecule has 0 amide bonds. The summed E-state index contributed by atoms with van der Waals surface area (Å²) in [6.45, 7) is 0. The van der Waals surface area contributed by atoms with Gasteiger partial charge in [-0.1, -0.05) is 0 Å². The van der Waals surface area contributed by atoms with Gasteiger partial charge in [-0.25, -0.2) is 8.42 Å². The van der Waals surface area contributed by atoms with Gasteiger partial charge in [-0.15, -0.1) is 3.63 Å². The summed E-state index contributed by atoms with van der Waals surface area (Å²) in [5.41, 5.74) is 0. The molecule has 0 aliphatic carbocycles. The fraction of sp³-hybridized carbons (Fsp3) is 0. The Morgan fingerprint density at radius 3 is 1.33 bits per heavy atom. The molecule has 80 valence electrons. The Bertz CT molecular complexity index is 319. The molecule has 0 saturated carbocycles. The normalized spacial score (nSPS) is 9.73. The zero-order valence-corrected chi connectivity index (χ0v) is 14.1. The van der Waals surface area contributed by atoms with Crippen molar-refractivity contribution in [3.8, 4) is 0 Å². The Labute approximate surface area is 149 Å². The maximum Gasteiger partial charge on any atom is 1.00 e. The third kappa shape index (κ3) is 49.9. The molecule has 0 unspecified atom stereocenters. The zero-order valence-electron chi connectivity index (χ0n) is 7.39. The van der Waals surface area contributed by atoms with E-state index >= 15 is 0 Å². The average Bonchev–Trinajstić information content (AvgIpc) is 1.47. The molecule has 15 heavy (non-hydrogen) atoms. The van der Waals surface area contributed by atoms with Crippen molar-refractivity contribution in [2.24, 2.45) is 0 Å². The summed E-state index contributed by atoms with van der Waals surface area (Å²) in [4.78, 5) is 8.25. The second kappa shape index (κ2) is 10.8. The van der Waals surface area contributed by atoms with Gasteiger partial charge in [0.05, 0.1) is 5.09 Å². The van der Waals surface area contributed by atoms with Gasteiger partial charge in [0.1, 0.15) is 0 Å². The molecule has 0 aliphatic heterocycles. The van der Waals surface area contributed by atoms with E-state index in [2.05, 4.69) is 3.63 Å². The predicted molar refractivity (Wildman–Crippen MR) is 32.7 cm³/mol. The van der Waals surface area contributed by atoms with E-state index in [-0.39, 0.29) is 80.9 Å². The van der Waals surface area contributed by atoms with E-state index in [1.807, 2.05) is 0 Å². The number of hydrogen-bond acceptors (Lipinski definition) is 9. The maximum atomic E-state index is 9.40. The van der Waals surface area contributed by atoms with E-state index in [0.29, 0.717) is 0 Å². The molecule has 11 nitrogen and oxygen atoms in total. The van der Waals surface area contributed by atoms with Crippen molar-refractivity contribution < 1.29 is 116 Å². The first-order chi connectivity index (χ1) is 5.44. The fourth-order valence-electron chi connectivity index (χ4n) is 0.105. The molecule has 0 fully saturated rings. The maximum absolute atomic E-state index is 9.40. The molecule has 0 aliphatic rings. The van der Waals surface area contributed by atoms with Crippen LogP contribution in [0.3, 0.4) is 0 Å². The summed E-state index contributed by atoms with van der Waals surface area (Å²) in [5.74, 6) is 0. The van der Waals surface area contributed by atoms with Crippen LogP contribution in [-0.2, 0) is 24.4 Å². The summed E-state index contributed by atoms with van der Waals surface area (Å²) in [6, 6.07) is 0. The average molecular weight is 301 g/mol. The molecule has 0 atom stereocenters. The van der Waals surface area contributed by atoms with E-state index in [0.717, 1.165) is 0 Å². The summed E-state index contributed by atoms with van der Waals surface area (Å²) >= 11 is 0. The first kappa shape index (κ1) is 25.5. The summed E-state index contributed by atoms with van der Waals surface area (Å²) in [7, 11) is -10.6. The minimum atomic E-state index is -5.37. The van der Waals surface area contributed by atoms with E-state index in [1.165, 1.54) is 0 Å². The van der Waals surface area contributed by atoms with Gasteiger partial charge in [-0.2, -0.15) is 8.42 Å². The van der Waals surface area contributed by atoms with E-state index in [1.54, 1.807) is 0 Å². The standard InChI is InChI=1S/K.NO3.Na.H2O7S2/c;2-1(3)4;;1-8(2,3)7-9(4,5)6/h;;;(H,1,2,3)(H,4,5,6)/q+1;-1;+1;/p-1. The number of hydrogen-bond donors (Lipinski definition) is 1. The summed E-state index contributed by atoms with van der Waals surface area (Å²) < 4.78 is 56.9. The molecule has 0 bridgehead atoms. The largest absolute Gasteiger partial charge is 1.00 e.